The number of carboxylic acid groups (broad SMARTS) is 1. The van der Waals surface area contributed by atoms with Crippen molar-refractivity contribution in [2.45, 2.75) is 13.5 Å². The Bertz CT molecular complexity index is 709. The fourth-order valence-corrected chi connectivity index (χ4v) is 1.84. The van der Waals surface area contributed by atoms with Crippen molar-refractivity contribution in [3.8, 4) is 5.75 Å². The third kappa shape index (κ3) is 3.32. The van der Waals surface area contributed by atoms with Crippen LogP contribution in [0.15, 0.2) is 28.7 Å². The zero-order valence-corrected chi connectivity index (χ0v) is 11.6. The number of carbonyl (C=O) groups is 1. The first-order valence-electron chi connectivity index (χ1n) is 5.78. The first-order chi connectivity index (χ1) is 9.88. The fourth-order valence-electron chi connectivity index (χ4n) is 1.68. The predicted molar refractivity (Wildman–Crippen MR) is 72.8 cm³/mol. The maximum atomic E-state index is 10.9. The number of nitro groups is 1. The maximum Gasteiger partial charge on any atom is 0.371 e. The van der Waals surface area contributed by atoms with Crippen molar-refractivity contribution >= 4 is 23.3 Å². The van der Waals surface area contributed by atoms with Crippen molar-refractivity contribution in [2.75, 3.05) is 0 Å². The zero-order chi connectivity index (χ0) is 15.6. The highest BCUT2D eigenvalue weighted by Crippen LogP contribution is 2.31. The van der Waals surface area contributed by atoms with E-state index in [9.17, 15) is 14.9 Å². The van der Waals surface area contributed by atoms with Gasteiger partial charge in [0.25, 0.3) is 0 Å². The van der Waals surface area contributed by atoms with Crippen LogP contribution in [-0.4, -0.2) is 16.0 Å². The number of nitrogens with zero attached hydrogens (tertiary/aromatic N) is 1. The van der Waals surface area contributed by atoms with Crippen LogP contribution < -0.4 is 4.74 Å². The maximum absolute atomic E-state index is 10.9. The summed E-state index contributed by atoms with van der Waals surface area (Å²) in [5.41, 5.74) is 0.265. The van der Waals surface area contributed by atoms with Crippen LogP contribution in [0.1, 0.15) is 21.9 Å². The molecule has 0 aliphatic heterocycles. The van der Waals surface area contributed by atoms with Crippen LogP contribution in [0.5, 0.6) is 5.75 Å². The summed E-state index contributed by atoms with van der Waals surface area (Å²) < 4.78 is 10.4. The highest BCUT2D eigenvalue weighted by Gasteiger charge is 2.18. The number of ether oxygens (including phenoxy) is 1. The van der Waals surface area contributed by atoms with Gasteiger partial charge < -0.3 is 14.3 Å². The fraction of sp³-hybridized carbons (Fsp3) is 0.154. The van der Waals surface area contributed by atoms with Crippen molar-refractivity contribution in [1.82, 2.24) is 0 Å². The van der Waals surface area contributed by atoms with Crippen LogP contribution in [0.4, 0.5) is 5.69 Å². The molecule has 7 nitrogen and oxygen atoms in total. The molecule has 21 heavy (non-hydrogen) atoms. The number of rotatable bonds is 5. The molecule has 8 heteroatoms. The monoisotopic (exact) mass is 311 g/mol. The standard InChI is InChI=1S/C13H10ClNO6/c1-7-8(4-12(21-7)13(16)17)6-20-11-5-9(14)2-3-10(11)15(18)19/h2-5H,6H2,1H3,(H,16,17). The Balaban J connectivity index is 2.22. The highest BCUT2D eigenvalue weighted by molar-refractivity contribution is 6.30. The molecular weight excluding hydrogens is 302 g/mol. The summed E-state index contributed by atoms with van der Waals surface area (Å²) in [6.45, 7) is 1.52. The average Bonchev–Trinajstić information content (AvgIpc) is 2.77. The molecule has 110 valence electrons. The molecule has 0 atom stereocenters. The summed E-state index contributed by atoms with van der Waals surface area (Å²) in [6.07, 6.45) is 0. The van der Waals surface area contributed by atoms with E-state index in [1.807, 2.05) is 0 Å². The van der Waals surface area contributed by atoms with Crippen LogP contribution in [-0.2, 0) is 6.61 Å². The lowest BCUT2D eigenvalue weighted by Gasteiger charge is -2.06. The van der Waals surface area contributed by atoms with Crippen LogP contribution in [0, 0.1) is 17.0 Å². The third-order valence-electron chi connectivity index (χ3n) is 2.73. The van der Waals surface area contributed by atoms with E-state index in [-0.39, 0.29) is 23.8 Å². The van der Waals surface area contributed by atoms with Crippen LogP contribution in [0.2, 0.25) is 5.02 Å². The van der Waals surface area contributed by atoms with Gasteiger partial charge in [-0.3, -0.25) is 10.1 Å². The summed E-state index contributed by atoms with van der Waals surface area (Å²) in [4.78, 5) is 21.1. The smallest absolute Gasteiger partial charge is 0.371 e. The Morgan fingerprint density at radius 1 is 1.48 bits per heavy atom. The van der Waals surface area contributed by atoms with E-state index in [4.69, 9.17) is 25.9 Å². The second-order valence-corrected chi connectivity index (χ2v) is 4.59. The molecule has 0 saturated carbocycles. The topological polar surface area (TPSA) is 103 Å². The number of hydrogen-bond donors (Lipinski definition) is 1. The Kier molecular flexibility index (Phi) is 4.13. The Hall–Kier alpha value is -2.54. The summed E-state index contributed by atoms with van der Waals surface area (Å²) in [6, 6.07) is 5.27. The van der Waals surface area contributed by atoms with Gasteiger partial charge in [-0.2, -0.15) is 0 Å². The number of hydrogen-bond acceptors (Lipinski definition) is 5. The van der Waals surface area contributed by atoms with E-state index < -0.39 is 10.9 Å². The molecule has 1 heterocycles. The molecule has 0 spiro atoms. The average molecular weight is 312 g/mol. The van der Waals surface area contributed by atoms with E-state index in [1.54, 1.807) is 6.92 Å². The van der Waals surface area contributed by atoms with Crippen molar-refractivity contribution in [3.63, 3.8) is 0 Å². The molecule has 0 amide bonds. The van der Waals surface area contributed by atoms with Gasteiger partial charge in [0.05, 0.1) is 4.92 Å². The van der Waals surface area contributed by atoms with Gasteiger partial charge in [0.15, 0.2) is 5.75 Å². The minimum Gasteiger partial charge on any atom is -0.482 e. The number of benzene rings is 1. The van der Waals surface area contributed by atoms with E-state index in [1.165, 1.54) is 24.3 Å². The molecule has 2 rings (SSSR count). The summed E-state index contributed by atoms with van der Waals surface area (Å²) in [5.74, 6) is -1.04. The highest BCUT2D eigenvalue weighted by atomic mass is 35.5. The van der Waals surface area contributed by atoms with Crippen molar-refractivity contribution in [2.24, 2.45) is 0 Å². The molecular formula is C13H10ClNO6. The molecule has 1 N–H and O–H groups in total. The molecule has 0 unspecified atom stereocenters. The van der Waals surface area contributed by atoms with Crippen LogP contribution in [0.25, 0.3) is 0 Å². The quantitative estimate of drug-likeness (QED) is 0.670. The largest absolute Gasteiger partial charge is 0.482 e. The molecule has 0 fully saturated rings. The SMILES string of the molecule is Cc1oc(C(=O)O)cc1COc1cc(Cl)ccc1[N+](=O)[O-]. The van der Waals surface area contributed by atoms with Gasteiger partial charge in [0, 0.05) is 22.7 Å². The van der Waals surface area contributed by atoms with Gasteiger partial charge in [-0.1, -0.05) is 11.6 Å². The van der Waals surface area contributed by atoms with Gasteiger partial charge in [0.1, 0.15) is 12.4 Å². The predicted octanol–water partition coefficient (Wildman–Crippen LogP) is 3.43. The van der Waals surface area contributed by atoms with Crippen LogP contribution in [0.3, 0.4) is 0 Å². The zero-order valence-electron chi connectivity index (χ0n) is 10.8. The van der Waals surface area contributed by atoms with Gasteiger partial charge >= 0.3 is 11.7 Å². The third-order valence-corrected chi connectivity index (χ3v) is 2.97. The van der Waals surface area contributed by atoms with E-state index in [2.05, 4.69) is 0 Å². The minimum atomic E-state index is -1.20. The van der Waals surface area contributed by atoms with Gasteiger partial charge in [0.2, 0.25) is 5.76 Å². The van der Waals surface area contributed by atoms with Gasteiger partial charge in [-0.15, -0.1) is 0 Å². The number of carboxylic acids is 1. The number of furan rings is 1. The lowest BCUT2D eigenvalue weighted by molar-refractivity contribution is -0.385. The Morgan fingerprint density at radius 2 is 2.19 bits per heavy atom. The Labute approximate surface area is 123 Å². The van der Waals surface area contributed by atoms with E-state index >= 15 is 0 Å². The molecule has 0 aliphatic carbocycles. The summed E-state index contributed by atoms with van der Waals surface area (Å²) >= 11 is 5.78. The molecule has 0 aliphatic rings. The molecule has 1 aromatic heterocycles. The Morgan fingerprint density at radius 3 is 2.76 bits per heavy atom. The van der Waals surface area contributed by atoms with E-state index in [0.717, 1.165) is 0 Å². The number of aromatic carboxylic acids is 1. The van der Waals surface area contributed by atoms with Crippen molar-refractivity contribution in [1.29, 1.82) is 0 Å². The van der Waals surface area contributed by atoms with Crippen molar-refractivity contribution < 1.29 is 24.0 Å². The number of halogens is 1. The van der Waals surface area contributed by atoms with Crippen LogP contribution >= 0.6 is 11.6 Å². The number of nitro benzene ring substituents is 1. The minimum absolute atomic E-state index is 0.00461. The molecule has 2 aromatic rings. The molecule has 1 aromatic carbocycles. The second-order valence-electron chi connectivity index (χ2n) is 4.16. The van der Waals surface area contributed by atoms with Gasteiger partial charge in [-0.05, 0) is 19.1 Å². The molecule has 0 radical (unpaired) electrons. The normalized spacial score (nSPS) is 10.4. The first-order valence-corrected chi connectivity index (χ1v) is 6.15. The molecule has 0 bridgehead atoms. The van der Waals surface area contributed by atoms with Gasteiger partial charge in [-0.25, -0.2) is 4.79 Å². The first kappa shape index (κ1) is 14.9. The molecule has 0 saturated heterocycles. The second kappa shape index (κ2) is 5.84. The lowest BCUT2D eigenvalue weighted by atomic mass is 10.2. The summed E-state index contributed by atoms with van der Waals surface area (Å²) in [7, 11) is 0. The number of aryl methyl sites for hydroxylation is 1. The van der Waals surface area contributed by atoms with Crippen molar-refractivity contribution in [3.05, 3.63) is 56.5 Å². The summed E-state index contributed by atoms with van der Waals surface area (Å²) in [5, 5.41) is 20.0. The van der Waals surface area contributed by atoms with E-state index in [0.29, 0.717) is 16.3 Å². The lowest BCUT2D eigenvalue weighted by Crippen LogP contribution is -1.99.